The van der Waals surface area contributed by atoms with Crippen molar-refractivity contribution in [3.8, 4) is 0 Å². The SMILES string of the molecule is C=C(CCCC)CCCCC.CS. The van der Waals surface area contributed by atoms with Gasteiger partial charge in [0.15, 0.2) is 0 Å². The molecular weight excluding hydrogens is 176 g/mol. The molecule has 0 saturated heterocycles. The summed E-state index contributed by atoms with van der Waals surface area (Å²) in [7, 11) is 0. The molecule has 13 heavy (non-hydrogen) atoms. The van der Waals surface area contributed by atoms with Gasteiger partial charge in [0.1, 0.15) is 0 Å². The zero-order chi connectivity index (χ0) is 10.5. The zero-order valence-corrected chi connectivity index (χ0v) is 10.5. The van der Waals surface area contributed by atoms with E-state index in [-0.39, 0.29) is 0 Å². The Morgan fingerprint density at radius 3 is 1.85 bits per heavy atom. The largest absolute Gasteiger partial charge is 0.183 e. The van der Waals surface area contributed by atoms with Gasteiger partial charge in [-0.15, -0.1) is 0 Å². The Kier molecular flexibility index (Phi) is 17.5. The van der Waals surface area contributed by atoms with Crippen molar-refractivity contribution in [3.05, 3.63) is 12.2 Å². The zero-order valence-electron chi connectivity index (χ0n) is 9.60. The topological polar surface area (TPSA) is 0 Å². The first-order chi connectivity index (χ1) is 6.31. The molecular formula is C12H26S. The van der Waals surface area contributed by atoms with Crippen LogP contribution in [-0.2, 0) is 0 Å². The Bertz CT molecular complexity index is 97.3. The predicted octanol–water partition coefficient (Wildman–Crippen LogP) is 4.86. The highest BCUT2D eigenvalue weighted by molar-refractivity contribution is 7.79. The fraction of sp³-hybridized carbons (Fsp3) is 0.833. The van der Waals surface area contributed by atoms with Gasteiger partial charge >= 0.3 is 0 Å². The minimum absolute atomic E-state index is 1.25. The first-order valence-corrected chi connectivity index (χ1v) is 6.32. The van der Waals surface area contributed by atoms with Crippen LogP contribution in [0.5, 0.6) is 0 Å². The highest BCUT2D eigenvalue weighted by atomic mass is 32.1. The standard InChI is InChI=1S/C11H22.CH4S/c1-4-6-8-10-11(3)9-7-5-2;1-2/h3-10H2,1-2H3;2H,1H3. The number of unbranched alkanes of at least 4 members (excludes halogenated alkanes) is 3. The third-order valence-corrected chi connectivity index (χ3v) is 2.02. The Balaban J connectivity index is 0. The van der Waals surface area contributed by atoms with Crippen molar-refractivity contribution >= 4 is 12.6 Å². The predicted molar refractivity (Wildman–Crippen MR) is 67.7 cm³/mol. The second kappa shape index (κ2) is 14.6. The molecule has 0 nitrogen and oxygen atoms in total. The molecule has 0 rings (SSSR count). The molecule has 0 amide bonds. The first-order valence-electron chi connectivity index (χ1n) is 5.42. The van der Waals surface area contributed by atoms with Gasteiger partial charge in [-0.1, -0.05) is 45.3 Å². The molecule has 0 fully saturated rings. The number of hydrogen-bond acceptors (Lipinski definition) is 1. The van der Waals surface area contributed by atoms with E-state index in [0.717, 1.165) is 0 Å². The molecule has 0 heterocycles. The maximum atomic E-state index is 4.06. The van der Waals surface area contributed by atoms with E-state index in [1.165, 1.54) is 50.5 Å². The van der Waals surface area contributed by atoms with Crippen LogP contribution in [-0.4, -0.2) is 6.26 Å². The third-order valence-electron chi connectivity index (χ3n) is 2.02. The van der Waals surface area contributed by atoms with Crippen molar-refractivity contribution in [2.75, 3.05) is 6.26 Å². The molecule has 0 bridgehead atoms. The monoisotopic (exact) mass is 202 g/mol. The number of allylic oxidation sites excluding steroid dienone is 1. The van der Waals surface area contributed by atoms with E-state index >= 15 is 0 Å². The summed E-state index contributed by atoms with van der Waals surface area (Å²) < 4.78 is 0. The van der Waals surface area contributed by atoms with E-state index in [2.05, 4.69) is 33.1 Å². The van der Waals surface area contributed by atoms with Gasteiger partial charge in [-0.2, -0.15) is 12.6 Å². The maximum Gasteiger partial charge on any atom is -0.0215 e. The summed E-state index contributed by atoms with van der Waals surface area (Å²) in [6, 6.07) is 0. The van der Waals surface area contributed by atoms with Crippen molar-refractivity contribution in [2.45, 2.75) is 58.8 Å². The Morgan fingerprint density at radius 1 is 0.923 bits per heavy atom. The summed E-state index contributed by atoms with van der Waals surface area (Å²) in [5, 5.41) is 0. The summed E-state index contributed by atoms with van der Waals surface area (Å²) >= 11 is 3.53. The van der Waals surface area contributed by atoms with Crippen LogP contribution < -0.4 is 0 Å². The Morgan fingerprint density at radius 2 is 1.38 bits per heavy atom. The highest BCUT2D eigenvalue weighted by Gasteiger charge is 1.92. The molecule has 1 heteroatoms. The third kappa shape index (κ3) is 14.9. The van der Waals surface area contributed by atoms with E-state index < -0.39 is 0 Å². The minimum Gasteiger partial charge on any atom is -0.183 e. The van der Waals surface area contributed by atoms with Gasteiger partial charge in [-0.3, -0.25) is 0 Å². The van der Waals surface area contributed by atoms with E-state index in [9.17, 15) is 0 Å². The molecule has 0 aromatic carbocycles. The van der Waals surface area contributed by atoms with Crippen LogP contribution in [0.15, 0.2) is 12.2 Å². The molecule has 80 valence electrons. The molecule has 0 atom stereocenters. The van der Waals surface area contributed by atoms with Crippen LogP contribution in [0.25, 0.3) is 0 Å². The lowest BCUT2D eigenvalue weighted by Crippen LogP contribution is -1.82. The van der Waals surface area contributed by atoms with Gasteiger partial charge in [0.2, 0.25) is 0 Å². The van der Waals surface area contributed by atoms with E-state index in [1.807, 2.05) is 0 Å². The average Bonchev–Trinajstić information content (AvgIpc) is 2.18. The number of thiol groups is 1. The lowest BCUT2D eigenvalue weighted by Gasteiger charge is -2.02. The molecule has 0 aliphatic heterocycles. The van der Waals surface area contributed by atoms with Crippen LogP contribution in [0.4, 0.5) is 0 Å². The smallest absolute Gasteiger partial charge is 0.0215 e. The van der Waals surface area contributed by atoms with Crippen LogP contribution in [0.2, 0.25) is 0 Å². The first kappa shape index (κ1) is 15.6. The number of rotatable bonds is 7. The molecule has 0 N–H and O–H groups in total. The van der Waals surface area contributed by atoms with Crippen LogP contribution in [0.1, 0.15) is 58.8 Å². The van der Waals surface area contributed by atoms with Crippen molar-refractivity contribution < 1.29 is 0 Å². The second-order valence-electron chi connectivity index (χ2n) is 3.31. The molecule has 0 aliphatic rings. The number of hydrogen-bond donors (Lipinski definition) is 1. The summed E-state index contributed by atoms with van der Waals surface area (Å²) in [5.41, 5.74) is 1.46. The molecule has 0 saturated carbocycles. The fourth-order valence-electron chi connectivity index (χ4n) is 1.18. The van der Waals surface area contributed by atoms with Crippen molar-refractivity contribution in [1.29, 1.82) is 0 Å². The molecule has 0 aromatic heterocycles. The quantitative estimate of drug-likeness (QED) is 0.340. The van der Waals surface area contributed by atoms with Crippen molar-refractivity contribution in [1.82, 2.24) is 0 Å². The van der Waals surface area contributed by atoms with Crippen LogP contribution >= 0.6 is 12.6 Å². The summed E-state index contributed by atoms with van der Waals surface area (Å²) in [4.78, 5) is 0. The molecule has 0 unspecified atom stereocenters. The maximum absolute atomic E-state index is 4.06. The summed E-state index contributed by atoms with van der Waals surface area (Å²) in [6.45, 7) is 8.54. The van der Waals surface area contributed by atoms with Gasteiger partial charge in [0, 0.05) is 0 Å². The average molecular weight is 202 g/mol. The van der Waals surface area contributed by atoms with E-state index in [4.69, 9.17) is 0 Å². The van der Waals surface area contributed by atoms with Crippen molar-refractivity contribution in [2.24, 2.45) is 0 Å². The minimum atomic E-state index is 1.25. The fourth-order valence-corrected chi connectivity index (χ4v) is 1.18. The van der Waals surface area contributed by atoms with Gasteiger partial charge < -0.3 is 0 Å². The van der Waals surface area contributed by atoms with Crippen LogP contribution in [0.3, 0.4) is 0 Å². The van der Waals surface area contributed by atoms with Crippen LogP contribution in [0, 0.1) is 0 Å². The van der Waals surface area contributed by atoms with Gasteiger partial charge in [-0.05, 0) is 31.9 Å². The van der Waals surface area contributed by atoms with Gasteiger partial charge in [0.25, 0.3) is 0 Å². The second-order valence-corrected chi connectivity index (χ2v) is 3.31. The Labute approximate surface area is 90.2 Å². The molecule has 0 radical (unpaired) electrons. The summed E-state index contributed by atoms with van der Waals surface area (Å²) in [6.07, 6.45) is 10.9. The molecule has 0 aliphatic carbocycles. The molecule has 0 aromatic rings. The lowest BCUT2D eigenvalue weighted by molar-refractivity contribution is 0.680. The van der Waals surface area contributed by atoms with Gasteiger partial charge in [0.05, 0.1) is 0 Å². The van der Waals surface area contributed by atoms with E-state index in [1.54, 1.807) is 6.26 Å². The summed E-state index contributed by atoms with van der Waals surface area (Å²) in [5.74, 6) is 0. The van der Waals surface area contributed by atoms with Crippen molar-refractivity contribution in [3.63, 3.8) is 0 Å². The molecule has 0 spiro atoms. The lowest BCUT2D eigenvalue weighted by atomic mass is 10.0. The van der Waals surface area contributed by atoms with Gasteiger partial charge in [-0.25, -0.2) is 0 Å². The normalized spacial score (nSPS) is 8.92. The Hall–Kier alpha value is 0.0900. The highest BCUT2D eigenvalue weighted by Crippen LogP contribution is 2.12. The van der Waals surface area contributed by atoms with E-state index in [0.29, 0.717) is 0 Å².